The van der Waals surface area contributed by atoms with Gasteiger partial charge in [-0.1, -0.05) is 29.8 Å². The van der Waals surface area contributed by atoms with Crippen LogP contribution in [-0.2, 0) is 4.79 Å². The molecular formula is C18H14ClN3O2. The van der Waals surface area contributed by atoms with Gasteiger partial charge in [-0.2, -0.15) is 0 Å². The molecule has 4 rings (SSSR count). The molecule has 0 aliphatic heterocycles. The molecule has 1 aromatic carbocycles. The number of aromatic nitrogens is 2. The number of nitrogens with zero attached hydrogens (tertiary/aromatic N) is 2. The second-order valence-corrected chi connectivity index (χ2v) is 6.26. The number of halogens is 1. The first-order valence-corrected chi connectivity index (χ1v) is 8.05. The van der Waals surface area contributed by atoms with Crippen molar-refractivity contribution in [1.29, 1.82) is 0 Å². The van der Waals surface area contributed by atoms with Crippen LogP contribution < -0.4 is 5.32 Å². The van der Waals surface area contributed by atoms with Gasteiger partial charge in [0.2, 0.25) is 5.91 Å². The summed E-state index contributed by atoms with van der Waals surface area (Å²) in [6.07, 6.45) is 5.04. The van der Waals surface area contributed by atoms with Crippen molar-refractivity contribution in [3.05, 3.63) is 47.7 Å². The van der Waals surface area contributed by atoms with E-state index in [2.05, 4.69) is 15.3 Å². The minimum Gasteiger partial charge on any atom is -0.505 e. The van der Waals surface area contributed by atoms with Crippen LogP contribution in [0.1, 0.15) is 12.8 Å². The average molecular weight is 340 g/mol. The molecule has 3 aromatic rings. The van der Waals surface area contributed by atoms with Gasteiger partial charge in [0.05, 0.1) is 5.02 Å². The monoisotopic (exact) mass is 339 g/mol. The molecule has 1 aliphatic rings. The number of fused-ring (bicyclic) bond motifs is 1. The molecule has 2 aromatic heterocycles. The number of benzene rings is 1. The van der Waals surface area contributed by atoms with E-state index in [-0.39, 0.29) is 17.6 Å². The Bertz CT molecular complexity index is 954. The number of pyridine rings is 2. The van der Waals surface area contributed by atoms with E-state index < -0.39 is 0 Å². The largest absolute Gasteiger partial charge is 0.505 e. The van der Waals surface area contributed by atoms with Crippen LogP contribution in [0.15, 0.2) is 42.7 Å². The second kappa shape index (κ2) is 5.76. The van der Waals surface area contributed by atoms with E-state index in [0.29, 0.717) is 32.9 Å². The molecule has 0 bridgehead atoms. The van der Waals surface area contributed by atoms with Gasteiger partial charge in [-0.25, -0.2) is 4.98 Å². The highest BCUT2D eigenvalue weighted by Crippen LogP contribution is 2.37. The fraction of sp³-hybridized carbons (Fsp3) is 0.167. The van der Waals surface area contributed by atoms with Crippen molar-refractivity contribution in [2.24, 2.45) is 5.92 Å². The number of carbonyl (C=O) groups is 1. The van der Waals surface area contributed by atoms with Gasteiger partial charge in [-0.3, -0.25) is 9.78 Å². The van der Waals surface area contributed by atoms with Crippen LogP contribution in [0.2, 0.25) is 5.02 Å². The SMILES string of the molecule is O=C(Nc1cc2cnc(-c3ccccc3Cl)c(O)c2cn1)C1CC1. The lowest BCUT2D eigenvalue weighted by Gasteiger charge is -2.10. The molecular weight excluding hydrogens is 326 g/mol. The molecule has 0 spiro atoms. The maximum atomic E-state index is 11.8. The summed E-state index contributed by atoms with van der Waals surface area (Å²) in [5.74, 6) is 0.586. The quantitative estimate of drug-likeness (QED) is 0.756. The highest BCUT2D eigenvalue weighted by atomic mass is 35.5. The molecule has 5 nitrogen and oxygen atoms in total. The van der Waals surface area contributed by atoms with Gasteiger partial charge < -0.3 is 10.4 Å². The lowest BCUT2D eigenvalue weighted by molar-refractivity contribution is -0.117. The van der Waals surface area contributed by atoms with Crippen molar-refractivity contribution in [2.75, 3.05) is 5.32 Å². The predicted molar refractivity (Wildman–Crippen MR) is 93.0 cm³/mol. The van der Waals surface area contributed by atoms with Gasteiger partial charge in [0, 0.05) is 34.6 Å². The van der Waals surface area contributed by atoms with E-state index in [1.54, 1.807) is 24.4 Å². The summed E-state index contributed by atoms with van der Waals surface area (Å²) >= 11 is 6.19. The zero-order chi connectivity index (χ0) is 16.7. The molecule has 1 fully saturated rings. The van der Waals surface area contributed by atoms with Crippen molar-refractivity contribution in [2.45, 2.75) is 12.8 Å². The van der Waals surface area contributed by atoms with E-state index in [1.165, 1.54) is 6.20 Å². The Morgan fingerprint density at radius 1 is 1.21 bits per heavy atom. The van der Waals surface area contributed by atoms with Crippen molar-refractivity contribution >= 4 is 34.1 Å². The Kier molecular flexibility index (Phi) is 3.58. The first-order chi connectivity index (χ1) is 11.6. The summed E-state index contributed by atoms with van der Waals surface area (Å²) in [7, 11) is 0. The van der Waals surface area contributed by atoms with Crippen LogP contribution in [0, 0.1) is 5.92 Å². The smallest absolute Gasteiger partial charge is 0.228 e. The zero-order valence-corrected chi connectivity index (χ0v) is 13.4. The molecule has 0 atom stereocenters. The van der Waals surface area contributed by atoms with Crippen LogP contribution in [0.3, 0.4) is 0 Å². The topological polar surface area (TPSA) is 75.1 Å². The number of amides is 1. The third kappa shape index (κ3) is 2.67. The van der Waals surface area contributed by atoms with E-state index in [1.807, 2.05) is 12.1 Å². The van der Waals surface area contributed by atoms with E-state index in [0.717, 1.165) is 12.8 Å². The van der Waals surface area contributed by atoms with Crippen LogP contribution in [-0.4, -0.2) is 21.0 Å². The maximum absolute atomic E-state index is 11.8. The van der Waals surface area contributed by atoms with Crippen LogP contribution in [0.5, 0.6) is 5.75 Å². The van der Waals surface area contributed by atoms with E-state index in [9.17, 15) is 9.90 Å². The normalized spacial score (nSPS) is 13.9. The molecule has 0 radical (unpaired) electrons. The van der Waals surface area contributed by atoms with E-state index in [4.69, 9.17) is 11.6 Å². The Labute approximate surface area is 143 Å². The molecule has 1 aliphatic carbocycles. The molecule has 1 saturated carbocycles. The fourth-order valence-corrected chi connectivity index (χ4v) is 2.82. The van der Waals surface area contributed by atoms with Crippen LogP contribution >= 0.6 is 11.6 Å². The summed E-state index contributed by atoms with van der Waals surface area (Å²) in [4.78, 5) is 20.4. The van der Waals surface area contributed by atoms with Crippen LogP contribution in [0.25, 0.3) is 22.0 Å². The lowest BCUT2D eigenvalue weighted by Crippen LogP contribution is -2.14. The van der Waals surface area contributed by atoms with Gasteiger partial charge in [0.15, 0.2) is 5.75 Å². The maximum Gasteiger partial charge on any atom is 0.228 e. The molecule has 2 N–H and O–H groups in total. The molecule has 24 heavy (non-hydrogen) atoms. The average Bonchev–Trinajstić information content (AvgIpc) is 3.41. The Morgan fingerprint density at radius 2 is 2.00 bits per heavy atom. The summed E-state index contributed by atoms with van der Waals surface area (Å²) in [6, 6.07) is 8.91. The van der Waals surface area contributed by atoms with Gasteiger partial charge in [0.25, 0.3) is 0 Å². The Morgan fingerprint density at radius 3 is 2.75 bits per heavy atom. The highest BCUT2D eigenvalue weighted by molar-refractivity contribution is 6.33. The molecule has 0 unspecified atom stereocenters. The zero-order valence-electron chi connectivity index (χ0n) is 12.7. The minimum absolute atomic E-state index is 0.00767. The lowest BCUT2D eigenvalue weighted by atomic mass is 10.1. The number of hydrogen-bond donors (Lipinski definition) is 2. The van der Waals surface area contributed by atoms with Crippen molar-refractivity contribution in [3.63, 3.8) is 0 Å². The van der Waals surface area contributed by atoms with Crippen molar-refractivity contribution < 1.29 is 9.90 Å². The summed E-state index contributed by atoms with van der Waals surface area (Å²) in [6.45, 7) is 0. The highest BCUT2D eigenvalue weighted by Gasteiger charge is 2.29. The third-order valence-electron chi connectivity index (χ3n) is 4.08. The molecule has 6 heteroatoms. The predicted octanol–water partition coefficient (Wildman–Crippen LogP) is 4.00. The number of anilines is 1. The summed E-state index contributed by atoms with van der Waals surface area (Å²) < 4.78 is 0. The van der Waals surface area contributed by atoms with Crippen LogP contribution in [0.4, 0.5) is 5.82 Å². The number of carbonyl (C=O) groups excluding carboxylic acids is 1. The number of aromatic hydroxyl groups is 1. The first-order valence-electron chi connectivity index (χ1n) is 7.67. The van der Waals surface area contributed by atoms with Gasteiger partial charge in [0.1, 0.15) is 11.5 Å². The Hall–Kier alpha value is -2.66. The third-order valence-corrected chi connectivity index (χ3v) is 4.41. The number of nitrogens with one attached hydrogen (secondary N) is 1. The molecule has 1 amide bonds. The summed E-state index contributed by atoms with van der Waals surface area (Å²) in [5, 5.41) is 15.1. The fourth-order valence-electron chi connectivity index (χ4n) is 2.59. The number of hydrogen-bond acceptors (Lipinski definition) is 4. The van der Waals surface area contributed by atoms with E-state index >= 15 is 0 Å². The van der Waals surface area contributed by atoms with Crippen molar-refractivity contribution in [1.82, 2.24) is 9.97 Å². The minimum atomic E-state index is -0.00767. The second-order valence-electron chi connectivity index (χ2n) is 5.86. The van der Waals surface area contributed by atoms with Gasteiger partial charge in [-0.05, 0) is 25.0 Å². The number of rotatable bonds is 3. The van der Waals surface area contributed by atoms with Gasteiger partial charge in [-0.15, -0.1) is 0 Å². The molecule has 2 heterocycles. The first kappa shape index (κ1) is 14.9. The standard InChI is InChI=1S/C18H14ClN3O2/c19-14-4-2-1-3-12(14)16-17(23)13-9-20-15(7-11(13)8-21-16)22-18(24)10-5-6-10/h1-4,7-10,23H,5-6H2,(H,20,22,24). The van der Waals surface area contributed by atoms with Gasteiger partial charge >= 0.3 is 0 Å². The van der Waals surface area contributed by atoms with Crippen molar-refractivity contribution in [3.8, 4) is 17.0 Å². The Balaban J connectivity index is 1.74. The molecule has 120 valence electrons. The molecule has 0 saturated heterocycles. The summed E-state index contributed by atoms with van der Waals surface area (Å²) in [5.41, 5.74) is 1.06.